The lowest BCUT2D eigenvalue weighted by molar-refractivity contribution is -0.123. The van der Waals surface area contributed by atoms with Gasteiger partial charge in [-0.25, -0.2) is 4.98 Å². The summed E-state index contributed by atoms with van der Waals surface area (Å²) in [5, 5.41) is 3.14. The molecule has 3 N–H and O–H groups in total. The van der Waals surface area contributed by atoms with Crippen LogP contribution in [0.25, 0.3) is 0 Å². The van der Waals surface area contributed by atoms with E-state index in [-0.39, 0.29) is 23.4 Å². The number of hydrogen-bond donors (Lipinski definition) is 2. The molecular formula is C15H26N4O. The maximum atomic E-state index is 12.2. The second-order valence-corrected chi connectivity index (χ2v) is 6.95. The number of nitrogens with two attached hydrogens (primary N) is 1. The third-order valence-corrected chi connectivity index (χ3v) is 3.98. The van der Waals surface area contributed by atoms with Crippen LogP contribution in [-0.4, -0.2) is 27.5 Å². The van der Waals surface area contributed by atoms with Crippen LogP contribution in [0.5, 0.6) is 0 Å². The van der Waals surface area contributed by atoms with Gasteiger partial charge in [-0.05, 0) is 24.2 Å². The zero-order valence-electron chi connectivity index (χ0n) is 12.7. The molecular weight excluding hydrogens is 252 g/mol. The Morgan fingerprint density at radius 2 is 2.20 bits per heavy atom. The Morgan fingerprint density at radius 3 is 2.70 bits per heavy atom. The van der Waals surface area contributed by atoms with Gasteiger partial charge in [0.15, 0.2) is 0 Å². The molecule has 0 radical (unpaired) electrons. The van der Waals surface area contributed by atoms with Crippen LogP contribution in [-0.2, 0) is 11.3 Å². The quantitative estimate of drug-likeness (QED) is 0.829. The predicted molar refractivity (Wildman–Crippen MR) is 78.9 cm³/mol. The Labute approximate surface area is 120 Å². The van der Waals surface area contributed by atoms with Gasteiger partial charge in [0, 0.05) is 31.4 Å². The van der Waals surface area contributed by atoms with Crippen LogP contribution in [0.15, 0.2) is 18.7 Å². The van der Waals surface area contributed by atoms with Crippen LogP contribution in [0.1, 0.15) is 40.0 Å². The number of hydrogen-bond acceptors (Lipinski definition) is 3. The molecule has 1 aromatic heterocycles. The molecule has 0 aromatic carbocycles. The van der Waals surface area contributed by atoms with Crippen LogP contribution in [0.2, 0.25) is 0 Å². The van der Waals surface area contributed by atoms with E-state index in [9.17, 15) is 4.79 Å². The topological polar surface area (TPSA) is 72.9 Å². The summed E-state index contributed by atoms with van der Waals surface area (Å²) < 4.78 is 2.00. The van der Waals surface area contributed by atoms with Crippen molar-refractivity contribution >= 4 is 5.91 Å². The Balaban J connectivity index is 1.91. The molecule has 0 bridgehead atoms. The Bertz CT molecular complexity index is 431. The van der Waals surface area contributed by atoms with Gasteiger partial charge in [0.25, 0.3) is 0 Å². The average Bonchev–Trinajstić information content (AvgIpc) is 3.06. The van der Waals surface area contributed by atoms with Gasteiger partial charge in [-0.15, -0.1) is 0 Å². The minimum atomic E-state index is -0.0103. The van der Waals surface area contributed by atoms with Crippen LogP contribution in [0, 0.1) is 11.3 Å². The van der Waals surface area contributed by atoms with Gasteiger partial charge in [-0.3, -0.25) is 4.79 Å². The number of imidazole rings is 1. The molecule has 1 aliphatic carbocycles. The first-order chi connectivity index (χ1) is 9.36. The van der Waals surface area contributed by atoms with Crippen LogP contribution < -0.4 is 11.1 Å². The maximum absolute atomic E-state index is 12.2. The minimum Gasteiger partial charge on any atom is -0.351 e. The highest BCUT2D eigenvalue weighted by Gasteiger charge is 2.32. The lowest BCUT2D eigenvalue weighted by Crippen LogP contribution is -2.47. The molecule has 1 saturated carbocycles. The molecule has 1 heterocycles. The molecule has 0 aliphatic heterocycles. The van der Waals surface area contributed by atoms with Gasteiger partial charge in [0.1, 0.15) is 0 Å². The van der Waals surface area contributed by atoms with Crippen molar-refractivity contribution in [2.24, 2.45) is 17.1 Å². The molecule has 0 saturated heterocycles. The summed E-state index contributed by atoms with van der Waals surface area (Å²) in [5.41, 5.74) is 6.01. The van der Waals surface area contributed by atoms with Crippen molar-refractivity contribution in [2.75, 3.05) is 0 Å². The maximum Gasteiger partial charge on any atom is 0.221 e. The second-order valence-electron chi connectivity index (χ2n) is 6.95. The highest BCUT2D eigenvalue weighted by Crippen LogP contribution is 2.32. The smallest absolute Gasteiger partial charge is 0.221 e. The minimum absolute atomic E-state index is 0.0103. The molecule has 1 fully saturated rings. The third-order valence-electron chi connectivity index (χ3n) is 3.98. The van der Waals surface area contributed by atoms with Gasteiger partial charge >= 0.3 is 0 Å². The molecule has 20 heavy (non-hydrogen) atoms. The molecule has 1 aromatic rings. The van der Waals surface area contributed by atoms with Crippen molar-refractivity contribution in [1.29, 1.82) is 0 Å². The molecule has 5 heteroatoms. The van der Waals surface area contributed by atoms with Crippen LogP contribution in [0.4, 0.5) is 0 Å². The summed E-state index contributed by atoms with van der Waals surface area (Å²) in [6, 6.07) is 0.0828. The van der Waals surface area contributed by atoms with E-state index in [4.69, 9.17) is 5.73 Å². The summed E-state index contributed by atoms with van der Waals surface area (Å²) in [5.74, 6) is 0.618. The zero-order valence-corrected chi connectivity index (χ0v) is 12.7. The molecule has 112 valence electrons. The van der Waals surface area contributed by atoms with Gasteiger partial charge in [-0.1, -0.05) is 20.8 Å². The normalized spacial score (nSPS) is 18.6. The number of nitrogens with one attached hydrogen (secondary N) is 1. The van der Waals surface area contributed by atoms with Crippen molar-refractivity contribution < 1.29 is 4.79 Å². The molecule has 1 amide bonds. The standard InChI is InChI=1S/C15H26N4O/c1-15(2,3)13(9-19-7-6-17-10-19)18-14(20)8-12(16)11-4-5-11/h6-7,10-13H,4-5,8-9,16H2,1-3H3,(H,18,20). The van der Waals surface area contributed by atoms with E-state index < -0.39 is 0 Å². The number of amides is 1. The number of nitrogens with zero attached hydrogens (tertiary/aromatic N) is 2. The van der Waals surface area contributed by atoms with E-state index in [0.717, 1.165) is 6.54 Å². The van der Waals surface area contributed by atoms with Crippen molar-refractivity contribution in [3.05, 3.63) is 18.7 Å². The van der Waals surface area contributed by atoms with Crippen molar-refractivity contribution in [3.63, 3.8) is 0 Å². The first kappa shape index (κ1) is 15.0. The first-order valence-corrected chi connectivity index (χ1v) is 7.37. The largest absolute Gasteiger partial charge is 0.351 e. The van der Waals surface area contributed by atoms with Crippen molar-refractivity contribution in [3.8, 4) is 0 Å². The van der Waals surface area contributed by atoms with Gasteiger partial charge in [0.05, 0.1) is 12.4 Å². The molecule has 2 atom stereocenters. The lowest BCUT2D eigenvalue weighted by atomic mass is 9.86. The van der Waals surface area contributed by atoms with E-state index in [0.29, 0.717) is 12.3 Å². The van der Waals surface area contributed by atoms with E-state index in [2.05, 4.69) is 31.1 Å². The highest BCUT2D eigenvalue weighted by molar-refractivity contribution is 5.77. The number of aromatic nitrogens is 2. The van der Waals surface area contributed by atoms with Gasteiger partial charge < -0.3 is 15.6 Å². The predicted octanol–water partition coefficient (Wildman–Crippen LogP) is 1.54. The molecule has 2 unspecified atom stereocenters. The Morgan fingerprint density at radius 1 is 1.50 bits per heavy atom. The van der Waals surface area contributed by atoms with Gasteiger partial charge in [-0.2, -0.15) is 0 Å². The molecule has 5 nitrogen and oxygen atoms in total. The SMILES string of the molecule is CC(C)(C)C(Cn1ccnc1)NC(=O)CC(N)C1CC1. The fraction of sp³-hybridized carbons (Fsp3) is 0.733. The Kier molecular flexibility index (Phi) is 4.48. The fourth-order valence-electron chi connectivity index (χ4n) is 2.30. The van der Waals surface area contributed by atoms with Crippen LogP contribution >= 0.6 is 0 Å². The number of rotatable bonds is 6. The van der Waals surface area contributed by atoms with Crippen LogP contribution in [0.3, 0.4) is 0 Å². The van der Waals surface area contributed by atoms with E-state index in [1.54, 1.807) is 12.5 Å². The zero-order chi connectivity index (χ0) is 14.8. The summed E-state index contributed by atoms with van der Waals surface area (Å²) in [6.45, 7) is 7.13. The fourth-order valence-corrected chi connectivity index (χ4v) is 2.30. The van der Waals surface area contributed by atoms with E-state index in [1.807, 2.05) is 10.8 Å². The summed E-state index contributed by atoms with van der Waals surface area (Å²) in [4.78, 5) is 16.2. The Hall–Kier alpha value is -1.36. The molecule has 0 spiro atoms. The van der Waals surface area contributed by atoms with Gasteiger partial charge in [0.2, 0.25) is 5.91 Å². The van der Waals surface area contributed by atoms with Crippen molar-refractivity contribution in [1.82, 2.24) is 14.9 Å². The first-order valence-electron chi connectivity index (χ1n) is 7.37. The third kappa shape index (κ3) is 4.34. The lowest BCUT2D eigenvalue weighted by Gasteiger charge is -2.32. The average molecular weight is 278 g/mol. The molecule has 2 rings (SSSR count). The highest BCUT2D eigenvalue weighted by atomic mass is 16.1. The van der Waals surface area contributed by atoms with E-state index in [1.165, 1.54) is 12.8 Å². The second kappa shape index (κ2) is 5.95. The summed E-state index contributed by atoms with van der Waals surface area (Å²) >= 11 is 0. The summed E-state index contributed by atoms with van der Waals surface area (Å²) in [7, 11) is 0. The number of carbonyl (C=O) groups is 1. The molecule has 1 aliphatic rings. The summed E-state index contributed by atoms with van der Waals surface area (Å²) in [6.07, 6.45) is 8.23. The van der Waals surface area contributed by atoms with E-state index >= 15 is 0 Å². The van der Waals surface area contributed by atoms with Crippen molar-refractivity contribution in [2.45, 2.75) is 58.7 Å². The number of carbonyl (C=O) groups excluding carboxylic acids is 1. The monoisotopic (exact) mass is 278 g/mol.